The van der Waals surface area contributed by atoms with Gasteiger partial charge in [0.1, 0.15) is 11.5 Å². The number of unbranched alkanes of at least 4 members (excludes halogenated alkanes) is 2. The number of rotatable bonds is 11. The lowest BCUT2D eigenvalue weighted by atomic mass is 10.0. The molecule has 4 rings (SSSR count). The number of fused-ring (bicyclic) bond motifs is 2. The lowest BCUT2D eigenvalue weighted by molar-refractivity contribution is -0.116. The van der Waals surface area contributed by atoms with Gasteiger partial charge in [-0.15, -0.1) is 11.6 Å². The van der Waals surface area contributed by atoms with E-state index in [2.05, 4.69) is 16.4 Å². The zero-order chi connectivity index (χ0) is 22.9. The second kappa shape index (κ2) is 11.9. The Kier molecular flexibility index (Phi) is 8.47. The van der Waals surface area contributed by atoms with Crippen LogP contribution >= 0.6 is 11.6 Å². The SMILES string of the molecule is O=C1CCc2ccc(OCCCCOc3ccc4c(c3)N=C(OCCCCCl)CC4)cc2N1. The number of nitrogens with zero attached hydrogens (tertiary/aromatic N) is 1. The molecule has 1 amide bonds. The second-order valence-electron chi connectivity index (χ2n) is 8.31. The standard InChI is InChI=1S/C26H31ClN2O4/c27-13-1-2-16-33-26-12-8-20-6-10-22(18-24(20)29-26)32-15-4-3-14-31-21-9-5-19-7-11-25(30)28-23(19)17-21/h5-6,9-10,17-18H,1-4,7-8,11-16H2,(H,28,30). The van der Waals surface area contributed by atoms with Crippen LogP contribution in [0.4, 0.5) is 11.4 Å². The molecule has 0 atom stereocenters. The molecule has 2 aliphatic rings. The van der Waals surface area contributed by atoms with Gasteiger partial charge in [0.2, 0.25) is 5.91 Å². The number of ether oxygens (including phenoxy) is 3. The molecule has 2 heterocycles. The summed E-state index contributed by atoms with van der Waals surface area (Å²) < 4.78 is 17.6. The first kappa shape index (κ1) is 23.4. The predicted molar refractivity (Wildman–Crippen MR) is 131 cm³/mol. The summed E-state index contributed by atoms with van der Waals surface area (Å²) in [5, 5.41) is 2.91. The number of aliphatic imine (C=N–C) groups is 1. The highest BCUT2D eigenvalue weighted by molar-refractivity contribution is 6.17. The topological polar surface area (TPSA) is 69.2 Å². The summed E-state index contributed by atoms with van der Waals surface area (Å²) in [5.41, 5.74) is 4.19. The minimum absolute atomic E-state index is 0.0654. The number of anilines is 1. The number of alkyl halides is 1. The molecule has 0 fully saturated rings. The quantitative estimate of drug-likeness (QED) is 0.332. The molecule has 0 unspecified atom stereocenters. The van der Waals surface area contributed by atoms with Crippen molar-refractivity contribution in [3.8, 4) is 11.5 Å². The average Bonchev–Trinajstić information content (AvgIpc) is 2.83. The zero-order valence-corrected chi connectivity index (χ0v) is 19.7. The minimum Gasteiger partial charge on any atom is -0.494 e. The molecule has 0 saturated heterocycles. The Morgan fingerprint density at radius 2 is 1.45 bits per heavy atom. The van der Waals surface area contributed by atoms with Crippen LogP contribution in [0.5, 0.6) is 11.5 Å². The van der Waals surface area contributed by atoms with Gasteiger partial charge in [-0.2, -0.15) is 0 Å². The number of halogens is 1. The van der Waals surface area contributed by atoms with Crippen LogP contribution in [0.1, 0.15) is 49.7 Å². The molecule has 2 aliphatic heterocycles. The largest absolute Gasteiger partial charge is 0.494 e. The van der Waals surface area contributed by atoms with Crippen LogP contribution in [-0.2, 0) is 22.4 Å². The van der Waals surface area contributed by atoms with Gasteiger partial charge < -0.3 is 19.5 Å². The molecule has 0 spiro atoms. The second-order valence-corrected chi connectivity index (χ2v) is 8.69. The minimum atomic E-state index is 0.0654. The Morgan fingerprint density at radius 3 is 2.24 bits per heavy atom. The Bertz CT molecular complexity index is 992. The van der Waals surface area contributed by atoms with Crippen molar-refractivity contribution in [2.24, 2.45) is 4.99 Å². The summed E-state index contributed by atoms with van der Waals surface area (Å²) in [4.78, 5) is 16.2. The van der Waals surface area contributed by atoms with Gasteiger partial charge in [-0.1, -0.05) is 12.1 Å². The summed E-state index contributed by atoms with van der Waals surface area (Å²) in [6.07, 6.45) is 6.79. The van der Waals surface area contributed by atoms with Crippen LogP contribution in [0.25, 0.3) is 0 Å². The lowest BCUT2D eigenvalue weighted by Gasteiger charge is -2.18. The normalized spacial score (nSPS) is 14.6. The maximum atomic E-state index is 11.6. The van der Waals surface area contributed by atoms with Gasteiger partial charge in [0.25, 0.3) is 0 Å². The van der Waals surface area contributed by atoms with E-state index in [1.165, 1.54) is 5.56 Å². The van der Waals surface area contributed by atoms with E-state index < -0.39 is 0 Å². The number of hydrogen-bond donors (Lipinski definition) is 1. The first-order valence-electron chi connectivity index (χ1n) is 11.8. The molecule has 1 N–H and O–H groups in total. The highest BCUT2D eigenvalue weighted by atomic mass is 35.5. The van der Waals surface area contributed by atoms with Crippen LogP contribution in [-0.4, -0.2) is 37.5 Å². The van der Waals surface area contributed by atoms with Crippen molar-refractivity contribution < 1.29 is 19.0 Å². The number of carbonyl (C=O) groups is 1. The van der Waals surface area contributed by atoms with Gasteiger partial charge in [0.05, 0.1) is 25.5 Å². The molecule has 2 aromatic carbocycles. The number of nitrogens with one attached hydrogen (secondary N) is 1. The molecule has 33 heavy (non-hydrogen) atoms. The molecule has 0 radical (unpaired) electrons. The third-order valence-corrected chi connectivity index (χ3v) is 6.03. The maximum absolute atomic E-state index is 11.6. The van der Waals surface area contributed by atoms with E-state index >= 15 is 0 Å². The highest BCUT2D eigenvalue weighted by Crippen LogP contribution is 2.31. The van der Waals surface area contributed by atoms with Crippen LogP contribution < -0.4 is 14.8 Å². The number of benzene rings is 2. The Hall–Kier alpha value is -2.73. The molecule has 6 nitrogen and oxygen atoms in total. The summed E-state index contributed by atoms with van der Waals surface area (Å²) in [6, 6.07) is 12.0. The number of amides is 1. The third kappa shape index (κ3) is 6.87. The van der Waals surface area contributed by atoms with Gasteiger partial charge in [-0.05, 0) is 61.8 Å². The molecule has 176 valence electrons. The smallest absolute Gasteiger partial charge is 0.224 e. The summed E-state index contributed by atoms with van der Waals surface area (Å²) in [7, 11) is 0. The molecule has 0 aliphatic carbocycles. The summed E-state index contributed by atoms with van der Waals surface area (Å²) >= 11 is 5.71. The maximum Gasteiger partial charge on any atom is 0.224 e. The molecular formula is C26H31ClN2O4. The Labute approximate surface area is 200 Å². The highest BCUT2D eigenvalue weighted by Gasteiger charge is 2.15. The number of hydrogen-bond acceptors (Lipinski definition) is 5. The van der Waals surface area contributed by atoms with Gasteiger partial charge in [0, 0.05) is 36.5 Å². The molecule has 0 saturated carbocycles. The van der Waals surface area contributed by atoms with E-state index in [0.29, 0.717) is 32.1 Å². The van der Waals surface area contributed by atoms with Crippen molar-refractivity contribution in [1.29, 1.82) is 0 Å². The van der Waals surface area contributed by atoms with Crippen LogP contribution in [0.15, 0.2) is 41.4 Å². The van der Waals surface area contributed by atoms with E-state index in [0.717, 1.165) is 79.3 Å². The fourth-order valence-corrected chi connectivity index (χ4v) is 4.09. The number of carbonyl (C=O) groups excluding carboxylic acids is 1. The predicted octanol–water partition coefficient (Wildman–Crippen LogP) is 5.82. The molecule has 7 heteroatoms. The van der Waals surface area contributed by atoms with Crippen LogP contribution in [0.2, 0.25) is 0 Å². The lowest BCUT2D eigenvalue weighted by Crippen LogP contribution is -2.18. The molecule has 0 aromatic heterocycles. The van der Waals surface area contributed by atoms with Crippen molar-refractivity contribution >= 4 is 34.8 Å². The zero-order valence-electron chi connectivity index (χ0n) is 18.9. The van der Waals surface area contributed by atoms with Crippen molar-refractivity contribution in [3.63, 3.8) is 0 Å². The first-order valence-corrected chi connectivity index (χ1v) is 12.3. The fraction of sp³-hybridized carbons (Fsp3) is 0.462. The van der Waals surface area contributed by atoms with Gasteiger partial charge in [-0.25, -0.2) is 4.99 Å². The van der Waals surface area contributed by atoms with E-state index in [4.69, 9.17) is 25.8 Å². The average molecular weight is 471 g/mol. The number of aryl methyl sites for hydroxylation is 2. The van der Waals surface area contributed by atoms with Gasteiger partial charge in [0.15, 0.2) is 5.90 Å². The van der Waals surface area contributed by atoms with E-state index in [9.17, 15) is 4.79 Å². The molecular weight excluding hydrogens is 440 g/mol. The Morgan fingerprint density at radius 1 is 0.788 bits per heavy atom. The van der Waals surface area contributed by atoms with Gasteiger partial charge >= 0.3 is 0 Å². The molecule has 2 aromatic rings. The summed E-state index contributed by atoms with van der Waals surface area (Å²) in [6.45, 7) is 1.89. The third-order valence-electron chi connectivity index (χ3n) is 5.76. The monoisotopic (exact) mass is 470 g/mol. The van der Waals surface area contributed by atoms with E-state index in [1.807, 2.05) is 30.3 Å². The van der Waals surface area contributed by atoms with Crippen molar-refractivity contribution in [2.45, 2.75) is 51.4 Å². The first-order chi connectivity index (χ1) is 16.2. The molecule has 0 bridgehead atoms. The van der Waals surface area contributed by atoms with Crippen molar-refractivity contribution in [3.05, 3.63) is 47.5 Å². The summed E-state index contributed by atoms with van der Waals surface area (Å²) in [5.74, 6) is 3.14. The van der Waals surface area contributed by atoms with Crippen LogP contribution in [0.3, 0.4) is 0 Å². The fourth-order valence-electron chi connectivity index (χ4n) is 3.90. The van der Waals surface area contributed by atoms with Crippen molar-refractivity contribution in [2.75, 3.05) is 31.0 Å². The van der Waals surface area contributed by atoms with E-state index in [1.54, 1.807) is 0 Å². The van der Waals surface area contributed by atoms with E-state index in [-0.39, 0.29) is 5.91 Å². The van der Waals surface area contributed by atoms with Crippen molar-refractivity contribution in [1.82, 2.24) is 0 Å². The van der Waals surface area contributed by atoms with Gasteiger partial charge in [-0.3, -0.25) is 4.79 Å². The Balaban J connectivity index is 1.18. The van der Waals surface area contributed by atoms with Crippen LogP contribution in [0, 0.1) is 0 Å².